The summed E-state index contributed by atoms with van der Waals surface area (Å²) in [4.78, 5) is 85.1. The number of Topliss-reactive ketones (excluding diaryl/α,β-unsaturated/α-hetero) is 1. The average Bonchev–Trinajstić information content (AvgIpc) is 3.53. The predicted molar refractivity (Wildman–Crippen MR) is 214 cm³/mol. The Morgan fingerprint density at radius 2 is 1.79 bits per heavy atom. The van der Waals surface area contributed by atoms with Crippen LogP contribution in [0.1, 0.15) is 102 Å². The number of nitrogens with one attached hydrogen (secondary N) is 3. The van der Waals surface area contributed by atoms with E-state index < -0.39 is 46.7 Å². The number of nitrogens with two attached hydrogens (primary N) is 2. The number of rotatable bonds is 15. The Morgan fingerprint density at radius 3 is 2.48 bits per heavy atom. The summed E-state index contributed by atoms with van der Waals surface area (Å²) in [6.07, 6.45) is 4.93. The van der Waals surface area contributed by atoms with Gasteiger partial charge in [0, 0.05) is 41.4 Å². The Hall–Kier alpha value is -4.63. The van der Waals surface area contributed by atoms with E-state index in [1.165, 1.54) is 0 Å². The van der Waals surface area contributed by atoms with E-state index in [1.54, 1.807) is 4.57 Å². The highest BCUT2D eigenvalue weighted by atomic mass is 79.9. The molecule has 2 aromatic heterocycles. The van der Waals surface area contributed by atoms with Crippen LogP contribution in [0.15, 0.2) is 39.6 Å². The molecule has 14 nitrogen and oxygen atoms in total. The number of benzene rings is 1. The minimum Gasteiger partial charge on any atom is -0.460 e. The standard InChI is InChI=1S/C41H52BrN7O7/c1-4-41(28-17-32-34-24(16-26-29(42)10-8-11-30(26)47-34)20-49(32)37(53)27(28)21-56-38(41)54)19-25(50)18-40(13-6-5-7-14-40)22-46-35(51)31(12-9-15-45-39(44)55)48-36(52)33(43)23(2)3/h8,10-11,16-17,23,31,33H,4-7,9,12-15,18-22,43H2,1-3H3,(H,46,51)(H,48,52)(H3,44,45,55)/t31-,33-,41-/m0/s1. The summed E-state index contributed by atoms with van der Waals surface area (Å²) >= 11 is 3.61. The van der Waals surface area contributed by atoms with E-state index in [2.05, 4.69) is 31.9 Å². The number of hydrogen-bond donors (Lipinski definition) is 5. The topological polar surface area (TPSA) is 218 Å². The molecular formula is C41H52BrN7O7. The van der Waals surface area contributed by atoms with Gasteiger partial charge in [0.25, 0.3) is 5.56 Å². The van der Waals surface area contributed by atoms with Crippen molar-refractivity contribution in [3.63, 3.8) is 0 Å². The number of nitrogens with zero attached hydrogens (tertiary/aromatic N) is 2. The molecule has 0 unspecified atom stereocenters. The Morgan fingerprint density at radius 1 is 1.04 bits per heavy atom. The summed E-state index contributed by atoms with van der Waals surface area (Å²) in [6, 6.07) is 7.24. The number of pyridine rings is 2. The van der Waals surface area contributed by atoms with Gasteiger partial charge in [-0.25, -0.2) is 9.78 Å². The molecule has 0 spiro atoms. The number of carbonyl (C=O) groups excluding carboxylic acids is 5. The third-order valence-corrected chi connectivity index (χ3v) is 12.7. The maximum Gasteiger partial charge on any atom is 0.317 e. The van der Waals surface area contributed by atoms with Gasteiger partial charge in [0.1, 0.15) is 23.8 Å². The van der Waals surface area contributed by atoms with Gasteiger partial charge in [-0.15, -0.1) is 0 Å². The normalized spacial score (nSPS) is 19.3. The van der Waals surface area contributed by atoms with Crippen LogP contribution >= 0.6 is 15.9 Å². The molecule has 1 aliphatic carbocycles. The van der Waals surface area contributed by atoms with Crippen molar-refractivity contribution in [3.05, 3.63) is 61.8 Å². The molecule has 0 bridgehead atoms. The summed E-state index contributed by atoms with van der Waals surface area (Å²) in [5.74, 6) is -1.71. The molecular weight excluding hydrogens is 782 g/mol. The highest BCUT2D eigenvalue weighted by Crippen LogP contribution is 2.45. The van der Waals surface area contributed by atoms with Crippen molar-refractivity contribution in [2.75, 3.05) is 13.1 Å². The number of primary amides is 1. The predicted octanol–water partition coefficient (Wildman–Crippen LogP) is 4.22. The minimum absolute atomic E-state index is 0.116. The van der Waals surface area contributed by atoms with E-state index in [9.17, 15) is 28.8 Å². The SMILES string of the molecule is CC[C@@]1(CC(=O)CC2(CNC(=O)[C@H](CCCNC(N)=O)NC(=O)[C@@H](N)C(C)C)CCCCC2)C(=O)OCc2c1cc1n(c2=O)Cc2cc3c(Br)cccc3nc2-1. The second kappa shape index (κ2) is 16.8. The third-order valence-electron chi connectivity index (χ3n) is 12.0. The van der Waals surface area contributed by atoms with Crippen LogP contribution in [-0.4, -0.2) is 64.3 Å². The molecule has 1 saturated carbocycles. The Balaban J connectivity index is 1.24. The molecule has 3 aromatic rings. The summed E-state index contributed by atoms with van der Waals surface area (Å²) < 4.78 is 8.26. The van der Waals surface area contributed by atoms with Crippen LogP contribution in [0.5, 0.6) is 0 Å². The fraction of sp³-hybridized carbons (Fsp3) is 0.537. The number of carbonyl (C=O) groups is 5. The average molecular weight is 835 g/mol. The summed E-state index contributed by atoms with van der Waals surface area (Å²) in [6.45, 7) is 6.05. The van der Waals surface area contributed by atoms with E-state index in [-0.39, 0.29) is 62.6 Å². The van der Waals surface area contributed by atoms with Crippen LogP contribution in [0.2, 0.25) is 0 Å². The van der Waals surface area contributed by atoms with Crippen molar-refractivity contribution >= 4 is 56.4 Å². The first-order valence-corrected chi connectivity index (χ1v) is 20.4. The smallest absolute Gasteiger partial charge is 0.317 e. The number of esters is 1. The first kappa shape index (κ1) is 41.0. The summed E-state index contributed by atoms with van der Waals surface area (Å²) in [7, 11) is 0. The van der Waals surface area contributed by atoms with Crippen molar-refractivity contribution in [2.24, 2.45) is 22.8 Å². The van der Waals surface area contributed by atoms with Gasteiger partial charge >= 0.3 is 12.0 Å². The van der Waals surface area contributed by atoms with Crippen molar-refractivity contribution in [3.8, 4) is 11.4 Å². The number of halogens is 1. The molecule has 56 heavy (non-hydrogen) atoms. The number of hydrogen-bond acceptors (Lipinski definition) is 9. The van der Waals surface area contributed by atoms with Crippen LogP contribution in [0.3, 0.4) is 0 Å². The highest BCUT2D eigenvalue weighted by molar-refractivity contribution is 9.10. The first-order chi connectivity index (χ1) is 26.7. The van der Waals surface area contributed by atoms with E-state index in [0.717, 1.165) is 40.2 Å². The molecule has 3 atom stereocenters. The number of ketones is 1. The lowest BCUT2D eigenvalue weighted by atomic mass is 9.66. The molecule has 15 heteroatoms. The van der Waals surface area contributed by atoms with E-state index in [0.29, 0.717) is 48.3 Å². The second-order valence-corrected chi connectivity index (χ2v) is 16.9. The van der Waals surface area contributed by atoms with Gasteiger partial charge in [0.2, 0.25) is 11.8 Å². The van der Waals surface area contributed by atoms with Crippen molar-refractivity contribution in [2.45, 2.75) is 116 Å². The van der Waals surface area contributed by atoms with Crippen LogP contribution in [0.25, 0.3) is 22.3 Å². The lowest BCUT2D eigenvalue weighted by Crippen LogP contribution is -2.54. The van der Waals surface area contributed by atoms with Gasteiger partial charge in [0.05, 0.1) is 35.1 Å². The van der Waals surface area contributed by atoms with Gasteiger partial charge in [0.15, 0.2) is 0 Å². The van der Waals surface area contributed by atoms with Crippen LogP contribution in [-0.2, 0) is 42.5 Å². The maximum absolute atomic E-state index is 14.4. The molecule has 1 fully saturated rings. The number of urea groups is 1. The van der Waals surface area contributed by atoms with Crippen molar-refractivity contribution in [1.29, 1.82) is 0 Å². The Bertz CT molecular complexity index is 2110. The number of cyclic esters (lactones) is 1. The molecule has 3 aliphatic rings. The lowest BCUT2D eigenvalue weighted by Gasteiger charge is -2.40. The zero-order chi connectivity index (χ0) is 40.4. The van der Waals surface area contributed by atoms with Crippen LogP contribution in [0, 0.1) is 11.3 Å². The number of aromatic nitrogens is 2. The molecule has 0 radical (unpaired) electrons. The third kappa shape index (κ3) is 8.24. The fourth-order valence-electron chi connectivity index (χ4n) is 8.63. The molecule has 0 saturated heterocycles. The molecule has 1 aromatic carbocycles. The molecule has 2 aliphatic heterocycles. The van der Waals surface area contributed by atoms with Gasteiger partial charge in [-0.3, -0.25) is 24.0 Å². The monoisotopic (exact) mass is 833 g/mol. The van der Waals surface area contributed by atoms with E-state index >= 15 is 0 Å². The fourth-order valence-corrected chi connectivity index (χ4v) is 9.10. The Kier molecular flexibility index (Phi) is 12.3. The summed E-state index contributed by atoms with van der Waals surface area (Å²) in [5, 5.41) is 9.24. The van der Waals surface area contributed by atoms with E-state index in [4.69, 9.17) is 21.2 Å². The first-order valence-electron chi connectivity index (χ1n) is 19.6. The zero-order valence-corrected chi connectivity index (χ0v) is 33.9. The quantitative estimate of drug-likeness (QED) is 0.0855. The van der Waals surface area contributed by atoms with Gasteiger partial charge in [-0.2, -0.15) is 0 Å². The molecule has 4 heterocycles. The van der Waals surface area contributed by atoms with Gasteiger partial charge in [-0.1, -0.05) is 62.0 Å². The van der Waals surface area contributed by atoms with Crippen LogP contribution in [0.4, 0.5) is 4.79 Å². The number of amides is 4. The molecule has 300 valence electrons. The molecule has 7 N–H and O–H groups in total. The second-order valence-electron chi connectivity index (χ2n) is 16.1. The zero-order valence-electron chi connectivity index (χ0n) is 32.3. The van der Waals surface area contributed by atoms with Crippen molar-refractivity contribution < 1.29 is 28.7 Å². The minimum atomic E-state index is -1.37. The lowest BCUT2D eigenvalue weighted by molar-refractivity contribution is -0.156. The van der Waals surface area contributed by atoms with Gasteiger partial charge in [-0.05, 0) is 73.3 Å². The Labute approximate surface area is 334 Å². The van der Waals surface area contributed by atoms with Crippen molar-refractivity contribution in [1.82, 2.24) is 25.5 Å². The van der Waals surface area contributed by atoms with Crippen LogP contribution < -0.4 is 33.0 Å². The molecule has 6 rings (SSSR count). The summed E-state index contributed by atoms with van der Waals surface area (Å²) in [5.41, 5.74) is 12.9. The highest BCUT2D eigenvalue weighted by Gasteiger charge is 2.49. The largest absolute Gasteiger partial charge is 0.460 e. The number of ether oxygens (including phenoxy) is 1. The van der Waals surface area contributed by atoms with Gasteiger partial charge < -0.3 is 36.7 Å². The maximum atomic E-state index is 14.4. The number of fused-ring (bicyclic) bond motifs is 5. The van der Waals surface area contributed by atoms with E-state index in [1.807, 2.05) is 51.1 Å². The molecule has 4 amide bonds.